The highest BCUT2D eigenvalue weighted by Gasteiger charge is 2.62. The Morgan fingerprint density at radius 2 is 1.98 bits per heavy atom. The zero-order valence-corrected chi connectivity index (χ0v) is 29.9. The molecule has 2 aliphatic carbocycles. The Hall–Kier alpha value is -4.24. The van der Waals surface area contributed by atoms with E-state index >= 15 is 0 Å². The Bertz CT molecular complexity index is 1960. The average Bonchev–Trinajstić information content (AvgIpc) is 3.96. The van der Waals surface area contributed by atoms with Crippen LogP contribution in [0.2, 0.25) is 0 Å². The number of methoxy groups -OCH3 is 1. The van der Waals surface area contributed by atoms with Crippen molar-refractivity contribution in [3.63, 3.8) is 0 Å². The van der Waals surface area contributed by atoms with Gasteiger partial charge in [0.05, 0.1) is 30.1 Å². The van der Waals surface area contributed by atoms with E-state index in [-0.39, 0.29) is 31.2 Å². The number of carbonyl (C=O) groups is 3. The Balaban J connectivity index is 1.18. The van der Waals surface area contributed by atoms with Gasteiger partial charge in [-0.05, 0) is 56.6 Å². The maximum atomic E-state index is 14.1. The molecule has 1 unspecified atom stereocenters. The van der Waals surface area contributed by atoms with Gasteiger partial charge in [0.15, 0.2) is 0 Å². The molecule has 50 heavy (non-hydrogen) atoms. The van der Waals surface area contributed by atoms with Crippen LogP contribution >= 0.6 is 11.3 Å². The summed E-state index contributed by atoms with van der Waals surface area (Å²) in [6.07, 6.45) is 6.98. The van der Waals surface area contributed by atoms with Crippen molar-refractivity contribution in [2.75, 3.05) is 20.2 Å². The molecule has 0 bridgehead atoms. The van der Waals surface area contributed by atoms with Crippen LogP contribution in [0.1, 0.15) is 70.4 Å². The van der Waals surface area contributed by atoms with Gasteiger partial charge in [0, 0.05) is 41.8 Å². The fraction of sp³-hybridized carbons (Fsp3) is 0.514. The second kappa shape index (κ2) is 13.5. The van der Waals surface area contributed by atoms with Gasteiger partial charge >= 0.3 is 6.03 Å². The summed E-state index contributed by atoms with van der Waals surface area (Å²) in [6, 6.07) is 5.99. The van der Waals surface area contributed by atoms with Crippen molar-refractivity contribution in [2.24, 2.45) is 5.92 Å². The van der Waals surface area contributed by atoms with Crippen LogP contribution in [0.3, 0.4) is 0 Å². The molecule has 3 N–H and O–H groups in total. The van der Waals surface area contributed by atoms with Crippen molar-refractivity contribution in [1.29, 1.82) is 0 Å². The number of hydrogen-bond acceptors (Lipinski definition) is 10. The number of ether oxygens (including phenoxy) is 2. The van der Waals surface area contributed by atoms with Crippen molar-refractivity contribution >= 4 is 50.1 Å². The zero-order valence-electron chi connectivity index (χ0n) is 28.3. The number of allylic oxidation sites excluding steroid dienone is 1. The predicted octanol–water partition coefficient (Wildman–Crippen LogP) is 4.25. The molecule has 4 aliphatic rings. The number of rotatable bonds is 8. The fourth-order valence-electron chi connectivity index (χ4n) is 6.63. The standard InChI is InChI=1S/C35H42N6O7S2/c1-20(2)28-19-49-32(38-28)27-16-30(25-12-9-22(47-3)14-26(25)37-27)48-23-15-29-31(42)39-35(33(43)40-50(45,46)24-10-11-24)17-21(35)8-6-4-5-7-13-36-34(44)41(29)18-23/h6,8-9,12,14,16,19-21,23-24,29H,4-5,7,10-11,13,15,17-18H2,1-3H3,(H,36,44)(H,39,42)(H,40,43)/b8-6-/t21-,23?,29-,35-/m0/s1. The van der Waals surface area contributed by atoms with Crippen LogP contribution in [0.4, 0.5) is 4.79 Å². The lowest BCUT2D eigenvalue weighted by molar-refractivity contribution is -0.131. The minimum atomic E-state index is -3.83. The van der Waals surface area contributed by atoms with Gasteiger partial charge in [-0.1, -0.05) is 26.0 Å². The van der Waals surface area contributed by atoms with Crippen molar-refractivity contribution in [3.05, 3.63) is 47.5 Å². The number of amides is 4. The number of fused-ring (bicyclic) bond motifs is 3. The van der Waals surface area contributed by atoms with Gasteiger partial charge < -0.3 is 25.0 Å². The normalized spacial score (nSPS) is 26.3. The van der Waals surface area contributed by atoms with Gasteiger partial charge in [-0.15, -0.1) is 11.3 Å². The van der Waals surface area contributed by atoms with Crippen LogP contribution in [0.15, 0.2) is 41.8 Å². The molecule has 13 nitrogen and oxygen atoms in total. The Labute approximate surface area is 295 Å². The average molecular weight is 723 g/mol. The molecule has 7 rings (SSSR count). The summed E-state index contributed by atoms with van der Waals surface area (Å²) in [5.41, 5.74) is 0.824. The van der Waals surface area contributed by atoms with E-state index in [1.165, 1.54) is 16.2 Å². The number of urea groups is 1. The summed E-state index contributed by atoms with van der Waals surface area (Å²) < 4.78 is 39.8. The van der Waals surface area contributed by atoms with Crippen LogP contribution in [0, 0.1) is 5.92 Å². The number of pyridine rings is 1. The van der Waals surface area contributed by atoms with E-state index in [0.29, 0.717) is 42.1 Å². The molecule has 15 heteroatoms. The molecular formula is C35H42N6O7S2. The first-order chi connectivity index (χ1) is 24.0. The highest BCUT2D eigenvalue weighted by molar-refractivity contribution is 7.91. The van der Waals surface area contributed by atoms with Gasteiger partial charge in [0.25, 0.3) is 5.91 Å². The first kappa shape index (κ1) is 34.2. The third-order valence-corrected chi connectivity index (χ3v) is 12.5. The number of nitrogens with zero attached hydrogens (tertiary/aromatic N) is 3. The summed E-state index contributed by atoms with van der Waals surface area (Å²) in [5, 5.41) is 8.73. The Kier molecular flexibility index (Phi) is 9.22. The molecule has 1 aromatic carbocycles. The maximum Gasteiger partial charge on any atom is 0.318 e. The molecular weight excluding hydrogens is 681 g/mol. The monoisotopic (exact) mass is 722 g/mol. The summed E-state index contributed by atoms with van der Waals surface area (Å²) in [7, 11) is -2.24. The van der Waals surface area contributed by atoms with Crippen LogP contribution in [-0.2, 0) is 19.6 Å². The summed E-state index contributed by atoms with van der Waals surface area (Å²) in [4.78, 5) is 52.3. The van der Waals surface area contributed by atoms with Crippen molar-refractivity contribution in [2.45, 2.75) is 87.6 Å². The first-order valence-electron chi connectivity index (χ1n) is 17.2. The lowest BCUT2D eigenvalue weighted by Crippen LogP contribution is -2.57. The van der Waals surface area contributed by atoms with E-state index in [2.05, 4.69) is 29.2 Å². The lowest BCUT2D eigenvalue weighted by atomic mass is 10.1. The molecule has 266 valence electrons. The van der Waals surface area contributed by atoms with E-state index in [1.54, 1.807) is 7.11 Å². The molecule has 1 saturated heterocycles. The summed E-state index contributed by atoms with van der Waals surface area (Å²) >= 11 is 1.50. The van der Waals surface area contributed by atoms with Gasteiger partial charge in [0.1, 0.15) is 39.9 Å². The number of sulfonamides is 1. The third kappa shape index (κ3) is 6.89. The van der Waals surface area contributed by atoms with Crippen LogP contribution in [0.5, 0.6) is 11.5 Å². The van der Waals surface area contributed by atoms with Crippen LogP contribution in [0.25, 0.3) is 21.6 Å². The Morgan fingerprint density at radius 3 is 2.72 bits per heavy atom. The molecule has 0 spiro atoms. The highest BCUT2D eigenvalue weighted by Crippen LogP contribution is 2.46. The first-order valence-corrected chi connectivity index (χ1v) is 19.6. The number of carbonyl (C=O) groups excluding carboxylic acids is 3. The van der Waals surface area contributed by atoms with E-state index in [0.717, 1.165) is 35.4 Å². The molecule has 4 atom stereocenters. The minimum absolute atomic E-state index is 0.118. The molecule has 2 saturated carbocycles. The van der Waals surface area contributed by atoms with Crippen molar-refractivity contribution in [1.82, 2.24) is 30.2 Å². The molecule has 4 heterocycles. The summed E-state index contributed by atoms with van der Waals surface area (Å²) in [5.74, 6) is -0.221. The van der Waals surface area contributed by atoms with Gasteiger partial charge in [-0.25, -0.2) is 23.2 Å². The number of hydrogen-bond donors (Lipinski definition) is 3. The number of benzene rings is 1. The van der Waals surface area contributed by atoms with E-state index in [9.17, 15) is 22.8 Å². The summed E-state index contributed by atoms with van der Waals surface area (Å²) in [6.45, 7) is 4.73. The van der Waals surface area contributed by atoms with E-state index < -0.39 is 50.8 Å². The van der Waals surface area contributed by atoms with Crippen molar-refractivity contribution in [3.8, 4) is 22.2 Å². The molecule has 2 aromatic heterocycles. The number of aromatic nitrogens is 2. The fourth-order valence-corrected chi connectivity index (χ4v) is 8.93. The topological polar surface area (TPSA) is 169 Å². The molecule has 0 radical (unpaired) electrons. The van der Waals surface area contributed by atoms with E-state index in [4.69, 9.17) is 19.4 Å². The van der Waals surface area contributed by atoms with Gasteiger partial charge in [0.2, 0.25) is 15.9 Å². The van der Waals surface area contributed by atoms with Crippen molar-refractivity contribution < 1.29 is 32.3 Å². The second-order valence-corrected chi connectivity index (χ2v) is 16.7. The quantitative estimate of drug-likeness (QED) is 0.288. The second-order valence-electron chi connectivity index (χ2n) is 13.9. The third-order valence-electron chi connectivity index (χ3n) is 9.84. The predicted molar refractivity (Wildman–Crippen MR) is 188 cm³/mol. The van der Waals surface area contributed by atoms with E-state index in [1.807, 2.05) is 41.8 Å². The molecule has 2 aliphatic heterocycles. The van der Waals surface area contributed by atoms with Crippen LogP contribution in [-0.4, -0.2) is 84.3 Å². The Morgan fingerprint density at radius 1 is 1.16 bits per heavy atom. The molecule has 3 fully saturated rings. The SMILES string of the molecule is COc1ccc2c(OC3C[C@H]4C(=O)N[C@@]5(C(=O)NS(=O)(=O)C6CC6)C[C@@H]5/C=C\CCCCNC(=O)N4C3)cc(-c3nc(C(C)C)cs3)nc2c1. The van der Waals surface area contributed by atoms with Gasteiger partial charge in [-0.3, -0.25) is 14.3 Å². The lowest BCUT2D eigenvalue weighted by Gasteiger charge is -2.26. The zero-order chi connectivity index (χ0) is 35.2. The highest BCUT2D eigenvalue weighted by atomic mass is 32.2. The molecule has 4 amide bonds. The minimum Gasteiger partial charge on any atom is -0.497 e. The van der Waals surface area contributed by atoms with Crippen LogP contribution < -0.4 is 24.8 Å². The van der Waals surface area contributed by atoms with Gasteiger partial charge in [-0.2, -0.15) is 0 Å². The number of thiazole rings is 1. The number of nitrogens with one attached hydrogen (secondary N) is 3. The molecule has 3 aromatic rings. The maximum absolute atomic E-state index is 14.1. The smallest absolute Gasteiger partial charge is 0.318 e. The largest absolute Gasteiger partial charge is 0.497 e.